The predicted molar refractivity (Wildman–Crippen MR) is 135 cm³/mol. The number of piperidine rings is 1. The first-order valence-corrected chi connectivity index (χ1v) is 11.4. The SMILES string of the molecule is CCNC(=NCCCOCC1CCOCC1)NC1CCCN(c2ccccc2)C1.I. The normalized spacial score (nSPS) is 20.5. The second-order valence-electron chi connectivity index (χ2n) is 8.01. The van der Waals surface area contributed by atoms with Crippen molar-refractivity contribution in [2.45, 2.75) is 45.1 Å². The molecule has 6 nitrogen and oxygen atoms in total. The summed E-state index contributed by atoms with van der Waals surface area (Å²) in [4.78, 5) is 7.23. The summed E-state index contributed by atoms with van der Waals surface area (Å²) < 4.78 is 11.3. The molecule has 7 heteroatoms. The average Bonchev–Trinajstić information content (AvgIpc) is 2.78. The zero-order valence-electron chi connectivity index (χ0n) is 18.4. The van der Waals surface area contributed by atoms with Crippen LogP contribution in [-0.4, -0.2) is 64.6 Å². The van der Waals surface area contributed by atoms with E-state index in [2.05, 4.69) is 52.8 Å². The van der Waals surface area contributed by atoms with Gasteiger partial charge in [-0.25, -0.2) is 0 Å². The van der Waals surface area contributed by atoms with Gasteiger partial charge >= 0.3 is 0 Å². The molecule has 1 unspecified atom stereocenters. The van der Waals surface area contributed by atoms with Crippen molar-refractivity contribution in [3.8, 4) is 0 Å². The molecule has 0 radical (unpaired) electrons. The predicted octanol–water partition coefficient (Wildman–Crippen LogP) is 3.66. The van der Waals surface area contributed by atoms with Crippen molar-refractivity contribution in [1.82, 2.24) is 10.6 Å². The lowest BCUT2D eigenvalue weighted by Crippen LogP contribution is -2.51. The van der Waals surface area contributed by atoms with Crippen LogP contribution in [0.5, 0.6) is 0 Å². The van der Waals surface area contributed by atoms with Crippen LogP contribution < -0.4 is 15.5 Å². The summed E-state index contributed by atoms with van der Waals surface area (Å²) in [6.07, 6.45) is 5.61. The van der Waals surface area contributed by atoms with Crippen LogP contribution in [-0.2, 0) is 9.47 Å². The van der Waals surface area contributed by atoms with Crippen molar-refractivity contribution in [3.63, 3.8) is 0 Å². The minimum absolute atomic E-state index is 0. The largest absolute Gasteiger partial charge is 0.381 e. The number of nitrogens with zero attached hydrogens (tertiary/aromatic N) is 2. The van der Waals surface area contributed by atoms with E-state index in [1.165, 1.54) is 18.5 Å². The summed E-state index contributed by atoms with van der Waals surface area (Å²) in [6, 6.07) is 11.1. The number of nitrogens with one attached hydrogen (secondary N) is 2. The van der Waals surface area contributed by atoms with Crippen LogP contribution >= 0.6 is 24.0 Å². The van der Waals surface area contributed by atoms with Crippen molar-refractivity contribution < 1.29 is 9.47 Å². The number of halogens is 1. The summed E-state index contributed by atoms with van der Waals surface area (Å²) in [6.45, 7) is 9.35. The second-order valence-corrected chi connectivity index (χ2v) is 8.01. The van der Waals surface area contributed by atoms with E-state index >= 15 is 0 Å². The molecular formula is C23H39IN4O2. The standard InChI is InChI=1S/C23H38N4O2.HI/c1-2-24-23(25-13-7-15-29-19-20-11-16-28-17-12-20)26-21-8-6-14-27(18-21)22-9-4-3-5-10-22;/h3-5,9-10,20-21H,2,6-8,11-19H2,1H3,(H2,24,25,26);1H. The molecule has 2 heterocycles. The fourth-order valence-electron chi connectivity index (χ4n) is 4.00. The van der Waals surface area contributed by atoms with Crippen molar-refractivity contribution in [2.24, 2.45) is 10.9 Å². The Hall–Kier alpha value is -1.06. The van der Waals surface area contributed by atoms with Gasteiger partial charge in [0.1, 0.15) is 0 Å². The number of rotatable bonds is 9. The molecule has 2 aliphatic heterocycles. The number of aliphatic imine (C=N–C) groups is 1. The molecular weight excluding hydrogens is 491 g/mol. The van der Waals surface area contributed by atoms with Gasteiger partial charge in [0.2, 0.25) is 0 Å². The zero-order valence-corrected chi connectivity index (χ0v) is 20.7. The van der Waals surface area contributed by atoms with Crippen molar-refractivity contribution in [1.29, 1.82) is 0 Å². The highest BCUT2D eigenvalue weighted by Crippen LogP contribution is 2.19. The molecule has 30 heavy (non-hydrogen) atoms. The molecule has 2 aliphatic rings. The van der Waals surface area contributed by atoms with Crippen molar-refractivity contribution >= 4 is 35.6 Å². The first-order chi connectivity index (χ1) is 14.3. The van der Waals surface area contributed by atoms with Gasteiger partial charge in [-0.3, -0.25) is 4.99 Å². The smallest absolute Gasteiger partial charge is 0.191 e. The summed E-state index contributed by atoms with van der Waals surface area (Å²) in [5.41, 5.74) is 1.31. The molecule has 0 saturated carbocycles. The molecule has 0 aromatic heterocycles. The summed E-state index contributed by atoms with van der Waals surface area (Å²) in [5, 5.41) is 7.03. The van der Waals surface area contributed by atoms with Crippen LogP contribution in [0.4, 0.5) is 5.69 Å². The maximum atomic E-state index is 5.86. The lowest BCUT2D eigenvalue weighted by Gasteiger charge is -2.35. The molecule has 1 aromatic carbocycles. The first kappa shape index (κ1) is 25.2. The van der Waals surface area contributed by atoms with E-state index < -0.39 is 0 Å². The number of hydrogen-bond donors (Lipinski definition) is 2. The molecule has 0 bridgehead atoms. The molecule has 0 aliphatic carbocycles. The van der Waals surface area contributed by atoms with E-state index in [1.54, 1.807) is 0 Å². The average molecular weight is 530 g/mol. The molecule has 2 N–H and O–H groups in total. The number of para-hydroxylation sites is 1. The van der Waals surface area contributed by atoms with E-state index in [1.807, 2.05) is 0 Å². The maximum Gasteiger partial charge on any atom is 0.191 e. The van der Waals surface area contributed by atoms with Gasteiger partial charge in [-0.1, -0.05) is 18.2 Å². The van der Waals surface area contributed by atoms with Crippen molar-refractivity contribution in [2.75, 3.05) is 57.5 Å². The van der Waals surface area contributed by atoms with Gasteiger partial charge in [0.05, 0.1) is 0 Å². The Morgan fingerprint density at radius 3 is 2.77 bits per heavy atom. The van der Waals surface area contributed by atoms with Crippen LogP contribution in [0, 0.1) is 5.92 Å². The summed E-state index contributed by atoms with van der Waals surface area (Å²) in [5.74, 6) is 1.60. The molecule has 1 atom stereocenters. The molecule has 2 saturated heterocycles. The Morgan fingerprint density at radius 1 is 1.20 bits per heavy atom. The monoisotopic (exact) mass is 530 g/mol. The van der Waals surface area contributed by atoms with Crippen LogP contribution in [0.3, 0.4) is 0 Å². The van der Waals surface area contributed by atoms with Crippen LogP contribution in [0.15, 0.2) is 35.3 Å². The van der Waals surface area contributed by atoms with Crippen LogP contribution in [0.2, 0.25) is 0 Å². The summed E-state index contributed by atoms with van der Waals surface area (Å²) >= 11 is 0. The van der Waals surface area contributed by atoms with Gasteiger partial charge in [0.25, 0.3) is 0 Å². The molecule has 0 spiro atoms. The number of benzene rings is 1. The highest BCUT2D eigenvalue weighted by atomic mass is 127. The number of anilines is 1. The quantitative estimate of drug-likeness (QED) is 0.221. The third-order valence-electron chi connectivity index (χ3n) is 5.64. The van der Waals surface area contributed by atoms with E-state index in [9.17, 15) is 0 Å². The minimum atomic E-state index is 0. The van der Waals surface area contributed by atoms with Gasteiger partial charge in [0.15, 0.2) is 5.96 Å². The van der Waals surface area contributed by atoms with Gasteiger partial charge in [-0.05, 0) is 57.1 Å². The number of ether oxygens (including phenoxy) is 2. The fourth-order valence-corrected chi connectivity index (χ4v) is 4.00. The molecule has 3 rings (SSSR count). The van der Waals surface area contributed by atoms with Gasteiger partial charge < -0.3 is 25.0 Å². The number of hydrogen-bond acceptors (Lipinski definition) is 4. The molecule has 0 amide bonds. The Labute approximate surface area is 199 Å². The highest BCUT2D eigenvalue weighted by molar-refractivity contribution is 14.0. The van der Waals surface area contributed by atoms with Crippen LogP contribution in [0.1, 0.15) is 39.0 Å². The first-order valence-electron chi connectivity index (χ1n) is 11.4. The van der Waals surface area contributed by atoms with Gasteiger partial charge in [-0.2, -0.15) is 0 Å². The van der Waals surface area contributed by atoms with E-state index in [0.29, 0.717) is 12.0 Å². The molecule has 1 aromatic rings. The van der Waals surface area contributed by atoms with E-state index in [0.717, 1.165) is 77.8 Å². The van der Waals surface area contributed by atoms with Crippen molar-refractivity contribution in [3.05, 3.63) is 30.3 Å². The van der Waals surface area contributed by atoms with Crippen LogP contribution in [0.25, 0.3) is 0 Å². The molecule has 170 valence electrons. The van der Waals surface area contributed by atoms with E-state index in [-0.39, 0.29) is 24.0 Å². The third-order valence-corrected chi connectivity index (χ3v) is 5.64. The number of guanidine groups is 1. The maximum absolute atomic E-state index is 5.86. The Bertz CT molecular complexity index is 596. The lowest BCUT2D eigenvalue weighted by atomic mass is 10.0. The zero-order chi connectivity index (χ0) is 20.2. The Kier molecular flexibility index (Phi) is 12.5. The summed E-state index contributed by atoms with van der Waals surface area (Å²) in [7, 11) is 0. The second kappa shape index (κ2) is 14.9. The van der Waals surface area contributed by atoms with E-state index in [4.69, 9.17) is 14.5 Å². The topological polar surface area (TPSA) is 58.1 Å². The highest BCUT2D eigenvalue weighted by Gasteiger charge is 2.20. The van der Waals surface area contributed by atoms with Gasteiger partial charge in [-0.15, -0.1) is 24.0 Å². The Balaban J connectivity index is 0.00000320. The fraction of sp³-hybridized carbons (Fsp3) is 0.696. The van der Waals surface area contributed by atoms with Gasteiger partial charge in [0, 0.05) is 64.3 Å². The third kappa shape index (κ3) is 8.98. The minimum Gasteiger partial charge on any atom is -0.381 e. The lowest BCUT2D eigenvalue weighted by molar-refractivity contribution is 0.0205. The molecule has 2 fully saturated rings. The Morgan fingerprint density at radius 2 is 2.00 bits per heavy atom.